The molecule has 1 fully saturated rings. The molecule has 1 saturated carbocycles. The maximum absolute atomic E-state index is 14.1. The third-order valence-corrected chi connectivity index (χ3v) is 3.14. The van der Waals surface area contributed by atoms with Gasteiger partial charge in [-0.2, -0.15) is 0 Å². The Balaban J connectivity index is 2.02. The van der Waals surface area contributed by atoms with E-state index in [0.717, 1.165) is 12.8 Å². The van der Waals surface area contributed by atoms with Gasteiger partial charge in [-0.05, 0) is 32.8 Å². The number of halogens is 1. The molecule has 0 aromatic carbocycles. The average Bonchev–Trinajstić information content (AvgIpc) is 3.25. The van der Waals surface area contributed by atoms with Crippen molar-refractivity contribution in [1.82, 2.24) is 15.6 Å². The molecule has 0 bridgehead atoms. The summed E-state index contributed by atoms with van der Waals surface area (Å²) in [5.74, 6) is -1.58. The Kier molecular flexibility index (Phi) is 4.72. The maximum atomic E-state index is 14.1. The van der Waals surface area contributed by atoms with E-state index in [-0.39, 0.29) is 23.3 Å². The molecule has 2 rings (SSSR count). The van der Waals surface area contributed by atoms with Crippen molar-refractivity contribution in [3.05, 3.63) is 23.6 Å². The quantitative estimate of drug-likeness (QED) is 0.732. The van der Waals surface area contributed by atoms with Crippen molar-refractivity contribution in [2.45, 2.75) is 38.8 Å². The van der Waals surface area contributed by atoms with Crippen LogP contribution in [0.4, 0.5) is 10.2 Å². The van der Waals surface area contributed by atoms with Crippen molar-refractivity contribution in [3.63, 3.8) is 0 Å². The predicted molar refractivity (Wildman–Crippen MR) is 76.5 cm³/mol. The average molecular weight is 294 g/mol. The van der Waals surface area contributed by atoms with Gasteiger partial charge in [0, 0.05) is 18.8 Å². The van der Waals surface area contributed by atoms with Gasteiger partial charge < -0.3 is 16.0 Å². The van der Waals surface area contributed by atoms with Crippen LogP contribution in [0, 0.1) is 5.82 Å². The highest BCUT2D eigenvalue weighted by molar-refractivity contribution is 5.98. The number of rotatable bonds is 6. The molecule has 1 unspecified atom stereocenters. The van der Waals surface area contributed by atoms with E-state index in [9.17, 15) is 14.0 Å². The minimum absolute atomic E-state index is 0.0280. The summed E-state index contributed by atoms with van der Waals surface area (Å²) in [6, 6.07) is 0.792. The standard InChI is InChI=1S/C14H19FN4O2/c1-3-16-12-11(15)10(6-7-17-12)14(21)18-8(2)13(20)19-9-4-5-9/h6-9H,3-5H2,1-2H3,(H,16,17)(H,18,21)(H,19,20). The summed E-state index contributed by atoms with van der Waals surface area (Å²) in [4.78, 5) is 27.6. The van der Waals surface area contributed by atoms with Gasteiger partial charge in [-0.15, -0.1) is 0 Å². The summed E-state index contributed by atoms with van der Waals surface area (Å²) in [5.41, 5.74) is -0.132. The van der Waals surface area contributed by atoms with Crippen LogP contribution in [0.3, 0.4) is 0 Å². The lowest BCUT2D eigenvalue weighted by Crippen LogP contribution is -2.45. The van der Waals surface area contributed by atoms with Crippen LogP contribution in [0.15, 0.2) is 12.3 Å². The van der Waals surface area contributed by atoms with E-state index in [1.54, 1.807) is 13.8 Å². The molecule has 1 atom stereocenters. The fraction of sp³-hybridized carbons (Fsp3) is 0.500. The number of carbonyl (C=O) groups is 2. The van der Waals surface area contributed by atoms with E-state index < -0.39 is 17.8 Å². The zero-order valence-corrected chi connectivity index (χ0v) is 12.1. The van der Waals surface area contributed by atoms with Crippen molar-refractivity contribution < 1.29 is 14.0 Å². The molecule has 1 aromatic heterocycles. The highest BCUT2D eigenvalue weighted by atomic mass is 19.1. The largest absolute Gasteiger partial charge is 0.368 e. The second-order valence-electron chi connectivity index (χ2n) is 5.03. The molecule has 1 aliphatic carbocycles. The van der Waals surface area contributed by atoms with Gasteiger partial charge in [0.05, 0.1) is 5.56 Å². The fourth-order valence-electron chi connectivity index (χ4n) is 1.80. The van der Waals surface area contributed by atoms with Gasteiger partial charge in [0.2, 0.25) is 5.91 Å². The Morgan fingerprint density at radius 1 is 1.48 bits per heavy atom. The van der Waals surface area contributed by atoms with E-state index >= 15 is 0 Å². The Labute approximate surface area is 122 Å². The number of anilines is 1. The first-order chi connectivity index (χ1) is 10.0. The molecule has 1 heterocycles. The third kappa shape index (κ3) is 3.90. The van der Waals surface area contributed by atoms with E-state index in [4.69, 9.17) is 0 Å². The van der Waals surface area contributed by atoms with Crippen LogP contribution in [-0.2, 0) is 4.79 Å². The monoisotopic (exact) mass is 294 g/mol. The first kappa shape index (κ1) is 15.2. The molecule has 0 aliphatic heterocycles. The minimum Gasteiger partial charge on any atom is -0.368 e. The van der Waals surface area contributed by atoms with Gasteiger partial charge in [-0.3, -0.25) is 9.59 Å². The van der Waals surface area contributed by atoms with Crippen LogP contribution < -0.4 is 16.0 Å². The summed E-state index contributed by atoms with van der Waals surface area (Å²) in [5, 5.41) is 8.01. The van der Waals surface area contributed by atoms with Crippen LogP contribution >= 0.6 is 0 Å². The Morgan fingerprint density at radius 3 is 2.81 bits per heavy atom. The molecule has 114 valence electrons. The Bertz CT molecular complexity index is 546. The van der Waals surface area contributed by atoms with Crippen LogP contribution in [-0.4, -0.2) is 35.4 Å². The van der Waals surface area contributed by atoms with Gasteiger partial charge in [0.1, 0.15) is 6.04 Å². The van der Waals surface area contributed by atoms with Crippen molar-refractivity contribution in [1.29, 1.82) is 0 Å². The van der Waals surface area contributed by atoms with Crippen molar-refractivity contribution in [3.8, 4) is 0 Å². The highest BCUT2D eigenvalue weighted by Gasteiger charge is 2.27. The summed E-state index contributed by atoms with van der Waals surface area (Å²) in [7, 11) is 0. The van der Waals surface area contributed by atoms with Gasteiger partial charge in [-0.25, -0.2) is 9.37 Å². The number of nitrogens with zero attached hydrogens (tertiary/aromatic N) is 1. The highest BCUT2D eigenvalue weighted by Crippen LogP contribution is 2.19. The third-order valence-electron chi connectivity index (χ3n) is 3.14. The molecule has 1 aromatic rings. The zero-order chi connectivity index (χ0) is 15.4. The van der Waals surface area contributed by atoms with Crippen molar-refractivity contribution in [2.24, 2.45) is 0 Å². The molecule has 3 N–H and O–H groups in total. The van der Waals surface area contributed by atoms with Crippen molar-refractivity contribution in [2.75, 3.05) is 11.9 Å². The fourth-order valence-corrected chi connectivity index (χ4v) is 1.80. The van der Waals surface area contributed by atoms with Crippen LogP contribution in [0.1, 0.15) is 37.0 Å². The lowest BCUT2D eigenvalue weighted by molar-refractivity contribution is -0.122. The zero-order valence-electron chi connectivity index (χ0n) is 12.1. The van der Waals surface area contributed by atoms with E-state index in [1.165, 1.54) is 12.3 Å². The first-order valence-electron chi connectivity index (χ1n) is 7.02. The lowest BCUT2D eigenvalue weighted by Gasteiger charge is -2.14. The van der Waals surface area contributed by atoms with Gasteiger partial charge in [0.15, 0.2) is 11.6 Å². The molecule has 6 nitrogen and oxygen atoms in total. The second kappa shape index (κ2) is 6.51. The summed E-state index contributed by atoms with van der Waals surface area (Å²) in [6.07, 6.45) is 3.29. The SMILES string of the molecule is CCNc1nccc(C(=O)NC(C)C(=O)NC2CC2)c1F. The maximum Gasteiger partial charge on any atom is 0.255 e. The van der Waals surface area contributed by atoms with Crippen LogP contribution in [0.5, 0.6) is 0 Å². The van der Waals surface area contributed by atoms with E-state index in [1.807, 2.05) is 0 Å². The smallest absolute Gasteiger partial charge is 0.255 e. The predicted octanol–water partition coefficient (Wildman–Crippen LogP) is 1.05. The Hall–Kier alpha value is -2.18. The number of nitrogens with one attached hydrogen (secondary N) is 3. The number of pyridine rings is 1. The molecule has 2 amide bonds. The minimum atomic E-state index is -0.716. The van der Waals surface area contributed by atoms with Gasteiger partial charge in [0.25, 0.3) is 5.91 Å². The first-order valence-corrected chi connectivity index (χ1v) is 7.02. The number of hydrogen-bond donors (Lipinski definition) is 3. The van der Waals surface area contributed by atoms with Gasteiger partial charge in [-0.1, -0.05) is 0 Å². The number of aromatic nitrogens is 1. The molecule has 0 radical (unpaired) electrons. The van der Waals surface area contributed by atoms with Crippen LogP contribution in [0.2, 0.25) is 0 Å². The van der Waals surface area contributed by atoms with Gasteiger partial charge >= 0.3 is 0 Å². The summed E-state index contributed by atoms with van der Waals surface area (Å²) >= 11 is 0. The lowest BCUT2D eigenvalue weighted by atomic mass is 10.2. The summed E-state index contributed by atoms with van der Waals surface area (Å²) < 4.78 is 14.1. The number of hydrogen-bond acceptors (Lipinski definition) is 4. The van der Waals surface area contributed by atoms with Crippen LogP contribution in [0.25, 0.3) is 0 Å². The normalized spacial score (nSPS) is 15.2. The summed E-state index contributed by atoms with van der Waals surface area (Å²) in [6.45, 7) is 3.87. The van der Waals surface area contributed by atoms with E-state index in [2.05, 4.69) is 20.9 Å². The Morgan fingerprint density at radius 2 is 2.19 bits per heavy atom. The molecule has 0 spiro atoms. The molecular weight excluding hydrogens is 275 g/mol. The van der Waals surface area contributed by atoms with E-state index in [0.29, 0.717) is 6.54 Å². The second-order valence-corrected chi connectivity index (χ2v) is 5.03. The molecule has 1 aliphatic rings. The molecule has 21 heavy (non-hydrogen) atoms. The van der Waals surface area contributed by atoms with Crippen molar-refractivity contribution >= 4 is 17.6 Å². The number of carbonyl (C=O) groups excluding carboxylic acids is 2. The molecule has 7 heteroatoms. The molecular formula is C14H19FN4O2. The molecule has 0 saturated heterocycles. The number of amides is 2. The topological polar surface area (TPSA) is 83.1 Å².